The van der Waals surface area contributed by atoms with Gasteiger partial charge in [0.2, 0.25) is 0 Å². The van der Waals surface area contributed by atoms with Crippen molar-refractivity contribution in [1.82, 2.24) is 0 Å². The van der Waals surface area contributed by atoms with Crippen LogP contribution < -0.4 is 4.74 Å². The van der Waals surface area contributed by atoms with Gasteiger partial charge in [-0.05, 0) is 24.1 Å². The monoisotopic (exact) mass is 189 g/mol. The summed E-state index contributed by atoms with van der Waals surface area (Å²) in [6, 6.07) is 6.73. The maximum absolute atomic E-state index is 11.7. The van der Waals surface area contributed by atoms with Crippen LogP contribution in [-0.2, 0) is 6.42 Å². The van der Waals surface area contributed by atoms with E-state index < -0.39 is 6.36 Å². The third-order valence-electron chi connectivity index (χ3n) is 1.48. The predicted octanol–water partition coefficient (Wildman–Crippen LogP) is 2.95. The van der Waals surface area contributed by atoms with E-state index in [1.54, 1.807) is 6.07 Å². The molecule has 0 saturated carbocycles. The normalized spacial score (nSPS) is 11.4. The Morgan fingerprint density at radius 1 is 1.38 bits per heavy atom. The average Bonchev–Trinajstić information content (AvgIpc) is 2.03. The SMILES string of the molecule is CCc1c[c]c(OC(F)(F)F)cc1. The van der Waals surface area contributed by atoms with E-state index in [9.17, 15) is 13.2 Å². The number of hydrogen-bond acceptors (Lipinski definition) is 1. The second kappa shape index (κ2) is 3.68. The van der Waals surface area contributed by atoms with Crippen LogP contribution in [-0.4, -0.2) is 6.36 Å². The van der Waals surface area contributed by atoms with Gasteiger partial charge in [0, 0.05) is 6.07 Å². The lowest BCUT2D eigenvalue weighted by Crippen LogP contribution is -2.17. The van der Waals surface area contributed by atoms with Gasteiger partial charge in [-0.1, -0.05) is 13.0 Å². The van der Waals surface area contributed by atoms with Gasteiger partial charge in [-0.15, -0.1) is 13.2 Å². The Balaban J connectivity index is 2.70. The fourth-order valence-corrected chi connectivity index (χ4v) is 0.851. The Labute approximate surface area is 74.1 Å². The lowest BCUT2D eigenvalue weighted by atomic mass is 10.2. The van der Waals surface area contributed by atoms with E-state index in [-0.39, 0.29) is 5.75 Å². The number of aryl methyl sites for hydroxylation is 1. The van der Waals surface area contributed by atoms with Gasteiger partial charge in [-0.3, -0.25) is 0 Å². The summed E-state index contributed by atoms with van der Waals surface area (Å²) in [5.74, 6) is -0.301. The highest BCUT2D eigenvalue weighted by molar-refractivity contribution is 5.25. The van der Waals surface area contributed by atoms with Crippen LogP contribution in [0.1, 0.15) is 12.5 Å². The number of benzene rings is 1. The molecule has 1 nitrogen and oxygen atoms in total. The zero-order valence-corrected chi connectivity index (χ0v) is 6.98. The quantitative estimate of drug-likeness (QED) is 0.694. The largest absolute Gasteiger partial charge is 0.573 e. The second-order valence-electron chi connectivity index (χ2n) is 2.46. The first kappa shape index (κ1) is 9.89. The molecule has 0 N–H and O–H groups in total. The first-order valence-corrected chi connectivity index (χ1v) is 3.77. The van der Waals surface area contributed by atoms with Crippen LogP contribution in [0.5, 0.6) is 5.75 Å². The molecule has 0 amide bonds. The van der Waals surface area contributed by atoms with Crippen molar-refractivity contribution < 1.29 is 17.9 Å². The number of ether oxygens (including phenoxy) is 1. The van der Waals surface area contributed by atoms with Gasteiger partial charge in [0.1, 0.15) is 5.75 Å². The third-order valence-corrected chi connectivity index (χ3v) is 1.48. The third kappa shape index (κ3) is 3.36. The topological polar surface area (TPSA) is 9.23 Å². The molecule has 0 bridgehead atoms. The van der Waals surface area contributed by atoms with Crippen molar-refractivity contribution in [3.63, 3.8) is 0 Å². The van der Waals surface area contributed by atoms with Gasteiger partial charge in [-0.2, -0.15) is 0 Å². The maximum Gasteiger partial charge on any atom is 0.573 e. The van der Waals surface area contributed by atoms with Gasteiger partial charge in [0.15, 0.2) is 0 Å². The van der Waals surface area contributed by atoms with Gasteiger partial charge in [0.25, 0.3) is 0 Å². The lowest BCUT2D eigenvalue weighted by molar-refractivity contribution is -0.274. The maximum atomic E-state index is 11.7. The van der Waals surface area contributed by atoms with Crippen molar-refractivity contribution in [2.24, 2.45) is 0 Å². The summed E-state index contributed by atoms with van der Waals surface area (Å²) in [4.78, 5) is 0. The van der Waals surface area contributed by atoms with Gasteiger partial charge in [0.05, 0.1) is 0 Å². The first-order valence-electron chi connectivity index (χ1n) is 3.77. The summed E-state index contributed by atoms with van der Waals surface area (Å²) >= 11 is 0. The molecular formula is C9H8F3O. The van der Waals surface area contributed by atoms with Crippen molar-refractivity contribution in [2.45, 2.75) is 19.7 Å². The standard InChI is InChI=1S/C9H8F3O/c1-2-7-3-5-8(6-4-7)13-9(10,11)12/h3-5H,2H2,1H3. The molecule has 0 saturated heterocycles. The fraction of sp³-hybridized carbons (Fsp3) is 0.333. The second-order valence-corrected chi connectivity index (χ2v) is 2.46. The Morgan fingerprint density at radius 2 is 2.08 bits per heavy atom. The minimum absolute atomic E-state index is 0.301. The average molecular weight is 189 g/mol. The number of hydrogen-bond donors (Lipinski definition) is 0. The van der Waals surface area contributed by atoms with Crippen LogP contribution in [0, 0.1) is 6.07 Å². The zero-order valence-electron chi connectivity index (χ0n) is 6.98. The Kier molecular flexibility index (Phi) is 2.80. The summed E-state index contributed by atoms with van der Waals surface area (Å²) in [6.45, 7) is 1.91. The minimum Gasteiger partial charge on any atom is -0.405 e. The smallest absolute Gasteiger partial charge is 0.405 e. The highest BCUT2D eigenvalue weighted by Crippen LogP contribution is 2.22. The van der Waals surface area contributed by atoms with E-state index >= 15 is 0 Å². The molecule has 0 aromatic heterocycles. The number of rotatable bonds is 2. The van der Waals surface area contributed by atoms with Crippen LogP contribution in [0.15, 0.2) is 18.2 Å². The highest BCUT2D eigenvalue weighted by atomic mass is 19.4. The van der Waals surface area contributed by atoms with Crippen LogP contribution >= 0.6 is 0 Å². The zero-order chi connectivity index (χ0) is 9.90. The fourth-order valence-electron chi connectivity index (χ4n) is 0.851. The van der Waals surface area contributed by atoms with Gasteiger partial charge >= 0.3 is 6.36 Å². The summed E-state index contributed by atoms with van der Waals surface area (Å²) in [5, 5.41) is 0. The molecular weight excluding hydrogens is 181 g/mol. The Morgan fingerprint density at radius 3 is 2.46 bits per heavy atom. The van der Waals surface area contributed by atoms with Crippen LogP contribution in [0.2, 0.25) is 0 Å². The van der Waals surface area contributed by atoms with Crippen molar-refractivity contribution in [1.29, 1.82) is 0 Å². The first-order chi connectivity index (χ1) is 6.01. The molecule has 71 valence electrons. The molecule has 0 heterocycles. The van der Waals surface area contributed by atoms with E-state index in [2.05, 4.69) is 10.8 Å². The molecule has 4 heteroatoms. The summed E-state index contributed by atoms with van der Waals surface area (Å²) in [6.07, 6.45) is -3.87. The van der Waals surface area contributed by atoms with Crippen molar-refractivity contribution >= 4 is 0 Å². The highest BCUT2D eigenvalue weighted by Gasteiger charge is 2.30. The van der Waals surface area contributed by atoms with E-state index in [1.165, 1.54) is 12.1 Å². The molecule has 0 aliphatic heterocycles. The van der Waals surface area contributed by atoms with Crippen molar-refractivity contribution in [2.75, 3.05) is 0 Å². The van der Waals surface area contributed by atoms with Gasteiger partial charge in [-0.25, -0.2) is 0 Å². The summed E-state index contributed by atoms with van der Waals surface area (Å²) < 4.78 is 38.7. The Hall–Kier alpha value is -1.19. The number of alkyl halides is 3. The molecule has 0 aliphatic carbocycles. The molecule has 0 atom stereocenters. The molecule has 0 aliphatic rings. The number of halogens is 3. The molecule has 1 radical (unpaired) electrons. The van der Waals surface area contributed by atoms with Gasteiger partial charge < -0.3 is 4.74 Å². The molecule has 0 fully saturated rings. The molecule has 0 spiro atoms. The minimum atomic E-state index is -4.63. The molecule has 13 heavy (non-hydrogen) atoms. The molecule has 1 aromatic carbocycles. The van der Waals surface area contributed by atoms with Crippen LogP contribution in [0.4, 0.5) is 13.2 Å². The predicted molar refractivity (Wildman–Crippen MR) is 41.3 cm³/mol. The van der Waals surface area contributed by atoms with Crippen LogP contribution in [0.3, 0.4) is 0 Å². The van der Waals surface area contributed by atoms with Crippen molar-refractivity contribution in [3.05, 3.63) is 29.8 Å². The molecule has 1 rings (SSSR count). The summed E-state index contributed by atoms with van der Waals surface area (Å²) in [5.41, 5.74) is 0.925. The molecule has 1 aromatic rings. The van der Waals surface area contributed by atoms with Crippen molar-refractivity contribution in [3.8, 4) is 5.75 Å². The van der Waals surface area contributed by atoms with E-state index in [0.29, 0.717) is 0 Å². The van der Waals surface area contributed by atoms with Crippen LogP contribution in [0.25, 0.3) is 0 Å². The van der Waals surface area contributed by atoms with E-state index in [4.69, 9.17) is 0 Å². The molecule has 0 unspecified atom stereocenters. The summed E-state index contributed by atoms with van der Waals surface area (Å²) in [7, 11) is 0. The Bertz CT molecular complexity index is 263. The van der Waals surface area contributed by atoms with E-state index in [1.807, 2.05) is 6.92 Å². The van der Waals surface area contributed by atoms with E-state index in [0.717, 1.165) is 12.0 Å². The lowest BCUT2D eigenvalue weighted by Gasteiger charge is -2.08.